The highest BCUT2D eigenvalue weighted by atomic mass is 32.2. The van der Waals surface area contributed by atoms with E-state index < -0.39 is 26.2 Å². The molecule has 2 aromatic rings. The monoisotopic (exact) mass is 397 g/mol. The summed E-state index contributed by atoms with van der Waals surface area (Å²) in [5.74, 6) is 0. The summed E-state index contributed by atoms with van der Waals surface area (Å²) in [4.78, 5) is 0.249. The first kappa shape index (κ1) is 20.6. The Bertz CT molecular complexity index is 934. The number of benzene rings is 2. The summed E-state index contributed by atoms with van der Waals surface area (Å²) in [6.45, 7) is 5.39. The van der Waals surface area contributed by atoms with Crippen LogP contribution in [0.15, 0.2) is 58.3 Å². The van der Waals surface area contributed by atoms with E-state index in [0.29, 0.717) is 0 Å². The lowest BCUT2D eigenvalue weighted by Crippen LogP contribution is -2.28. The standard InChI is InChI=1S/C18H23NO5S2/c1-14-4-8-17(9-5-14)25(20,21)19-13-12-16(3)24-26(22,23)18-10-6-15(2)7-11-18/h4-11,16,19H,12-13H2,1-3H3/t16-/m1/s1. The first-order valence-corrected chi connectivity index (χ1v) is 11.1. The third-order valence-corrected chi connectivity index (χ3v) is 6.68. The van der Waals surface area contributed by atoms with Gasteiger partial charge in [-0.15, -0.1) is 0 Å². The Hall–Kier alpha value is -1.74. The lowest BCUT2D eigenvalue weighted by molar-refractivity contribution is 0.219. The predicted octanol–water partition coefficient (Wildman–Crippen LogP) is 2.77. The van der Waals surface area contributed by atoms with Crippen molar-refractivity contribution in [1.82, 2.24) is 4.72 Å². The molecule has 6 nitrogen and oxygen atoms in total. The predicted molar refractivity (Wildman–Crippen MR) is 99.9 cm³/mol. The second-order valence-corrected chi connectivity index (χ2v) is 9.51. The maximum atomic E-state index is 12.2. The van der Waals surface area contributed by atoms with Crippen molar-refractivity contribution in [2.24, 2.45) is 0 Å². The Morgan fingerprint density at radius 1 is 0.846 bits per heavy atom. The van der Waals surface area contributed by atoms with E-state index >= 15 is 0 Å². The zero-order chi connectivity index (χ0) is 19.4. The van der Waals surface area contributed by atoms with Gasteiger partial charge in [0.05, 0.1) is 15.9 Å². The minimum Gasteiger partial charge on any atom is -0.263 e. The van der Waals surface area contributed by atoms with Gasteiger partial charge in [0.25, 0.3) is 10.1 Å². The molecule has 2 rings (SSSR count). The molecular weight excluding hydrogens is 374 g/mol. The van der Waals surface area contributed by atoms with Crippen molar-refractivity contribution in [2.45, 2.75) is 43.1 Å². The summed E-state index contributed by atoms with van der Waals surface area (Å²) in [6.07, 6.45) is -0.446. The van der Waals surface area contributed by atoms with Crippen LogP contribution in [0.3, 0.4) is 0 Å². The summed E-state index contributed by atoms with van der Waals surface area (Å²) in [6, 6.07) is 12.8. The van der Waals surface area contributed by atoms with Crippen LogP contribution < -0.4 is 4.72 Å². The minimum absolute atomic E-state index is 0.0702. The van der Waals surface area contributed by atoms with Gasteiger partial charge in [0.1, 0.15) is 0 Å². The van der Waals surface area contributed by atoms with Crippen LogP contribution in [0.5, 0.6) is 0 Å². The van der Waals surface area contributed by atoms with E-state index in [2.05, 4.69) is 4.72 Å². The molecule has 142 valence electrons. The van der Waals surface area contributed by atoms with Crippen LogP contribution in [0.2, 0.25) is 0 Å². The Morgan fingerprint density at radius 3 is 1.81 bits per heavy atom. The van der Waals surface area contributed by atoms with Gasteiger partial charge < -0.3 is 0 Å². The molecule has 0 aliphatic rings. The van der Waals surface area contributed by atoms with Gasteiger partial charge in [0.2, 0.25) is 10.0 Å². The molecule has 0 fully saturated rings. The lowest BCUT2D eigenvalue weighted by atomic mass is 10.2. The molecule has 0 unspecified atom stereocenters. The molecule has 1 N–H and O–H groups in total. The molecule has 0 aromatic heterocycles. The van der Waals surface area contributed by atoms with Crippen molar-refractivity contribution in [3.8, 4) is 0 Å². The van der Waals surface area contributed by atoms with Crippen molar-refractivity contribution >= 4 is 20.1 Å². The van der Waals surface area contributed by atoms with E-state index in [4.69, 9.17) is 4.18 Å². The molecule has 0 radical (unpaired) electrons. The number of sulfonamides is 1. The van der Waals surface area contributed by atoms with E-state index in [9.17, 15) is 16.8 Å². The van der Waals surface area contributed by atoms with E-state index in [1.165, 1.54) is 24.3 Å². The summed E-state index contributed by atoms with van der Waals surface area (Å²) in [5, 5.41) is 0. The molecule has 0 amide bonds. The topological polar surface area (TPSA) is 89.5 Å². The van der Waals surface area contributed by atoms with Crippen molar-refractivity contribution < 1.29 is 21.0 Å². The van der Waals surface area contributed by atoms with Crippen molar-refractivity contribution in [1.29, 1.82) is 0 Å². The van der Waals surface area contributed by atoms with E-state index in [1.54, 1.807) is 31.2 Å². The first-order chi connectivity index (χ1) is 12.1. The van der Waals surface area contributed by atoms with Crippen molar-refractivity contribution in [3.63, 3.8) is 0 Å². The molecule has 0 saturated carbocycles. The van der Waals surface area contributed by atoms with Crippen LogP contribution in [0.25, 0.3) is 0 Å². The largest absolute Gasteiger partial charge is 0.297 e. The SMILES string of the molecule is Cc1ccc(S(=O)(=O)NCC[C@@H](C)OS(=O)(=O)c2ccc(C)cc2)cc1. The van der Waals surface area contributed by atoms with Crippen LogP contribution in [0.1, 0.15) is 24.5 Å². The molecule has 26 heavy (non-hydrogen) atoms. The summed E-state index contributed by atoms with van der Waals surface area (Å²) >= 11 is 0. The van der Waals surface area contributed by atoms with E-state index in [1.807, 2.05) is 13.8 Å². The molecular formula is C18H23NO5S2. The Labute approximate surface area is 155 Å². The van der Waals surface area contributed by atoms with Gasteiger partial charge in [-0.05, 0) is 51.5 Å². The highest BCUT2D eigenvalue weighted by Gasteiger charge is 2.20. The number of rotatable bonds is 8. The van der Waals surface area contributed by atoms with Crippen LogP contribution in [-0.2, 0) is 24.3 Å². The average Bonchev–Trinajstić information content (AvgIpc) is 2.55. The third kappa shape index (κ3) is 5.63. The summed E-state index contributed by atoms with van der Waals surface area (Å²) in [5.41, 5.74) is 1.91. The van der Waals surface area contributed by atoms with Crippen LogP contribution >= 0.6 is 0 Å². The molecule has 0 saturated heterocycles. The fraction of sp³-hybridized carbons (Fsp3) is 0.333. The summed E-state index contributed by atoms with van der Waals surface area (Å²) in [7, 11) is -7.50. The van der Waals surface area contributed by atoms with Gasteiger partial charge in [-0.25, -0.2) is 13.1 Å². The fourth-order valence-corrected chi connectivity index (χ4v) is 4.38. The number of hydrogen-bond donors (Lipinski definition) is 1. The highest BCUT2D eigenvalue weighted by Crippen LogP contribution is 2.16. The fourth-order valence-electron chi connectivity index (χ4n) is 2.22. The van der Waals surface area contributed by atoms with Crippen LogP contribution in [0, 0.1) is 13.8 Å². The van der Waals surface area contributed by atoms with Crippen LogP contribution in [-0.4, -0.2) is 29.5 Å². The molecule has 0 aliphatic heterocycles. The maximum Gasteiger partial charge on any atom is 0.297 e. The number of hydrogen-bond acceptors (Lipinski definition) is 5. The smallest absolute Gasteiger partial charge is 0.263 e. The average molecular weight is 398 g/mol. The van der Waals surface area contributed by atoms with E-state index in [-0.39, 0.29) is 22.8 Å². The maximum absolute atomic E-state index is 12.2. The van der Waals surface area contributed by atoms with E-state index in [0.717, 1.165) is 11.1 Å². The van der Waals surface area contributed by atoms with Gasteiger partial charge in [-0.3, -0.25) is 4.18 Å². The summed E-state index contributed by atoms with van der Waals surface area (Å²) < 4.78 is 56.4. The van der Waals surface area contributed by atoms with Crippen molar-refractivity contribution in [3.05, 3.63) is 59.7 Å². The molecule has 0 spiro atoms. The van der Waals surface area contributed by atoms with Gasteiger partial charge >= 0.3 is 0 Å². The normalized spacial score (nSPS) is 13.5. The quantitative estimate of drug-likeness (QED) is 0.692. The lowest BCUT2D eigenvalue weighted by Gasteiger charge is -2.14. The third-order valence-electron chi connectivity index (χ3n) is 3.77. The first-order valence-electron chi connectivity index (χ1n) is 8.16. The Balaban J connectivity index is 1.91. The second kappa shape index (κ2) is 8.30. The highest BCUT2D eigenvalue weighted by molar-refractivity contribution is 7.89. The molecule has 2 aromatic carbocycles. The van der Waals surface area contributed by atoms with Gasteiger partial charge in [-0.1, -0.05) is 35.4 Å². The van der Waals surface area contributed by atoms with Gasteiger partial charge in [0, 0.05) is 6.54 Å². The molecule has 0 bridgehead atoms. The van der Waals surface area contributed by atoms with Gasteiger partial charge in [0.15, 0.2) is 0 Å². The molecule has 8 heteroatoms. The molecule has 0 aliphatic carbocycles. The number of aryl methyl sites for hydroxylation is 2. The number of nitrogens with one attached hydrogen (secondary N) is 1. The molecule has 0 heterocycles. The zero-order valence-electron chi connectivity index (χ0n) is 15.0. The molecule has 1 atom stereocenters. The van der Waals surface area contributed by atoms with Crippen molar-refractivity contribution in [2.75, 3.05) is 6.54 Å². The van der Waals surface area contributed by atoms with Gasteiger partial charge in [-0.2, -0.15) is 8.42 Å². The Kier molecular flexibility index (Phi) is 6.57. The zero-order valence-corrected chi connectivity index (χ0v) is 16.6. The minimum atomic E-state index is -3.88. The Morgan fingerprint density at radius 2 is 1.31 bits per heavy atom. The second-order valence-electron chi connectivity index (χ2n) is 6.17. The van der Waals surface area contributed by atoms with Crippen LogP contribution in [0.4, 0.5) is 0 Å².